The molecule has 4 aromatic rings. The molecule has 2 heterocycles. The minimum atomic E-state index is -1.22. The molecule has 0 unspecified atom stereocenters. The second-order valence-corrected chi connectivity index (χ2v) is 11.1. The van der Waals surface area contributed by atoms with Crippen molar-refractivity contribution >= 4 is 34.4 Å². The van der Waals surface area contributed by atoms with E-state index in [1.807, 2.05) is 25.1 Å². The highest BCUT2D eigenvalue weighted by Crippen LogP contribution is 2.23. The van der Waals surface area contributed by atoms with Crippen molar-refractivity contribution < 1.29 is 24.3 Å². The number of ketones is 1. The number of amides is 3. The van der Waals surface area contributed by atoms with Crippen molar-refractivity contribution in [1.82, 2.24) is 20.6 Å². The third-order valence-electron chi connectivity index (χ3n) is 7.67. The molecule has 234 valence electrons. The van der Waals surface area contributed by atoms with Gasteiger partial charge >= 0.3 is 0 Å². The van der Waals surface area contributed by atoms with Gasteiger partial charge in [0, 0.05) is 36.3 Å². The van der Waals surface area contributed by atoms with Crippen molar-refractivity contribution in [3.8, 4) is 0 Å². The van der Waals surface area contributed by atoms with Crippen LogP contribution in [0.25, 0.3) is 10.9 Å². The van der Waals surface area contributed by atoms with Gasteiger partial charge in [0.25, 0.3) is 11.8 Å². The van der Waals surface area contributed by atoms with Gasteiger partial charge in [0.1, 0.15) is 5.69 Å². The maximum absolute atomic E-state index is 13.7. The van der Waals surface area contributed by atoms with Gasteiger partial charge in [0.15, 0.2) is 5.78 Å². The summed E-state index contributed by atoms with van der Waals surface area (Å²) in [6.45, 7) is 2.59. The molecule has 0 spiro atoms. The monoisotopic (exact) mass is 609 g/mol. The number of hydrogen-bond donors (Lipinski definition) is 4. The zero-order valence-electron chi connectivity index (χ0n) is 25.3. The number of carbonyl (C=O) groups excluding carboxylic acids is 4. The van der Waals surface area contributed by atoms with Crippen molar-refractivity contribution in [3.05, 3.63) is 108 Å². The quantitative estimate of drug-likeness (QED) is 0.141. The summed E-state index contributed by atoms with van der Waals surface area (Å²) in [5.74, 6) is -2.68. The third kappa shape index (κ3) is 9.51. The fraction of sp³-hybridized carbons (Fsp3) is 0.314. The van der Waals surface area contributed by atoms with E-state index in [0.717, 1.165) is 23.8 Å². The van der Waals surface area contributed by atoms with E-state index in [9.17, 15) is 24.3 Å². The van der Waals surface area contributed by atoms with Crippen LogP contribution >= 0.6 is 0 Å². The first-order valence-electron chi connectivity index (χ1n) is 15.2. The highest BCUT2D eigenvalue weighted by molar-refractivity contribution is 5.99. The van der Waals surface area contributed by atoms with E-state index in [2.05, 4.69) is 20.6 Å². The maximum Gasteiger partial charge on any atom is 0.270 e. The van der Waals surface area contributed by atoms with Crippen LogP contribution < -0.4 is 16.4 Å². The van der Waals surface area contributed by atoms with Crippen molar-refractivity contribution in [2.24, 2.45) is 11.7 Å². The first kappa shape index (κ1) is 32.9. The molecule has 10 heteroatoms. The van der Waals surface area contributed by atoms with Crippen LogP contribution in [0.2, 0.25) is 0 Å². The van der Waals surface area contributed by atoms with Gasteiger partial charge in [0.05, 0.1) is 24.1 Å². The minimum absolute atomic E-state index is 0.0942. The Hall–Kier alpha value is -4.96. The number of para-hydroxylation sites is 1. The van der Waals surface area contributed by atoms with E-state index in [4.69, 9.17) is 5.73 Å². The number of nitrogens with one attached hydrogen (secondary N) is 2. The first-order valence-corrected chi connectivity index (χ1v) is 15.2. The number of nitrogens with two attached hydrogens (primary N) is 1. The van der Waals surface area contributed by atoms with Crippen LogP contribution in [-0.2, 0) is 22.4 Å². The summed E-state index contributed by atoms with van der Waals surface area (Å²) >= 11 is 0. The molecular weight excluding hydrogens is 570 g/mol. The summed E-state index contributed by atoms with van der Waals surface area (Å²) in [5, 5.41) is 17.9. The number of aliphatic hydroxyl groups is 1. The predicted molar refractivity (Wildman–Crippen MR) is 171 cm³/mol. The van der Waals surface area contributed by atoms with Crippen LogP contribution in [0.15, 0.2) is 85.2 Å². The second kappa shape index (κ2) is 16.2. The number of unbranched alkanes of at least 4 members (excludes halogenated alkanes) is 1. The van der Waals surface area contributed by atoms with Gasteiger partial charge in [0.2, 0.25) is 5.91 Å². The van der Waals surface area contributed by atoms with Crippen LogP contribution in [0, 0.1) is 5.92 Å². The minimum Gasteiger partial charge on any atom is -0.392 e. The summed E-state index contributed by atoms with van der Waals surface area (Å²) in [6, 6.07) is 20.1. The van der Waals surface area contributed by atoms with Gasteiger partial charge in [-0.2, -0.15) is 0 Å². The van der Waals surface area contributed by atoms with Crippen LogP contribution in [0.3, 0.4) is 0 Å². The highest BCUT2D eigenvalue weighted by atomic mass is 16.3. The van der Waals surface area contributed by atoms with Gasteiger partial charge in [-0.05, 0) is 60.6 Å². The SMILES string of the molecule is CCCCNC(=O)c1ccccc1C[C@@H](O)[C@H](CC(=O)[C@H](CC(N)=O)NC(=O)c1ccc2ccccc2n1)Cc1cccnc1. The zero-order valence-corrected chi connectivity index (χ0v) is 25.3. The largest absolute Gasteiger partial charge is 0.392 e. The van der Waals surface area contributed by atoms with E-state index < -0.39 is 42.1 Å². The number of rotatable bonds is 16. The Morgan fingerprint density at radius 2 is 1.67 bits per heavy atom. The van der Waals surface area contributed by atoms with Gasteiger partial charge < -0.3 is 21.5 Å². The summed E-state index contributed by atoms with van der Waals surface area (Å²) in [6.07, 6.45) is 3.90. The second-order valence-electron chi connectivity index (χ2n) is 11.1. The molecule has 0 saturated heterocycles. The summed E-state index contributed by atoms with van der Waals surface area (Å²) in [7, 11) is 0. The van der Waals surface area contributed by atoms with E-state index in [-0.39, 0.29) is 24.4 Å². The van der Waals surface area contributed by atoms with Crippen molar-refractivity contribution in [3.63, 3.8) is 0 Å². The number of carbonyl (C=O) groups is 4. The smallest absolute Gasteiger partial charge is 0.270 e. The van der Waals surface area contributed by atoms with Crippen LogP contribution in [0.1, 0.15) is 64.6 Å². The Balaban J connectivity index is 1.54. The molecule has 0 aliphatic rings. The Kier molecular flexibility index (Phi) is 11.9. The van der Waals surface area contributed by atoms with Gasteiger partial charge in [-0.1, -0.05) is 61.9 Å². The van der Waals surface area contributed by atoms with Gasteiger partial charge in [-0.25, -0.2) is 4.98 Å². The third-order valence-corrected chi connectivity index (χ3v) is 7.67. The zero-order chi connectivity index (χ0) is 32.2. The molecule has 3 amide bonds. The molecule has 0 aliphatic carbocycles. The lowest BCUT2D eigenvalue weighted by Crippen LogP contribution is -2.45. The van der Waals surface area contributed by atoms with E-state index >= 15 is 0 Å². The molecular formula is C35H39N5O5. The van der Waals surface area contributed by atoms with Crippen LogP contribution in [0.5, 0.6) is 0 Å². The molecule has 10 nitrogen and oxygen atoms in total. The molecule has 0 fully saturated rings. The fourth-order valence-electron chi connectivity index (χ4n) is 5.22. The number of hydrogen-bond acceptors (Lipinski definition) is 7. The number of aliphatic hydroxyl groups excluding tert-OH is 1. The Labute approximate surface area is 262 Å². The van der Waals surface area contributed by atoms with Crippen molar-refractivity contribution in [2.45, 2.75) is 57.6 Å². The molecule has 45 heavy (non-hydrogen) atoms. The molecule has 4 rings (SSSR count). The van der Waals surface area contributed by atoms with Crippen molar-refractivity contribution in [1.29, 1.82) is 0 Å². The normalized spacial score (nSPS) is 13.0. The summed E-state index contributed by atoms with van der Waals surface area (Å²) < 4.78 is 0. The fourth-order valence-corrected chi connectivity index (χ4v) is 5.22. The Bertz CT molecular complexity index is 1630. The molecule has 0 aliphatic heterocycles. The first-order chi connectivity index (χ1) is 21.7. The molecule has 0 bridgehead atoms. The van der Waals surface area contributed by atoms with Gasteiger partial charge in [-0.15, -0.1) is 0 Å². The highest BCUT2D eigenvalue weighted by Gasteiger charge is 2.30. The van der Waals surface area contributed by atoms with Crippen LogP contribution in [-0.4, -0.2) is 57.3 Å². The molecule has 0 radical (unpaired) electrons. The number of nitrogens with zero attached hydrogens (tertiary/aromatic N) is 2. The molecule has 2 aromatic carbocycles. The number of primary amides is 1. The number of pyridine rings is 2. The Morgan fingerprint density at radius 3 is 2.42 bits per heavy atom. The average Bonchev–Trinajstić information content (AvgIpc) is 3.04. The maximum atomic E-state index is 13.7. The number of aromatic nitrogens is 2. The van der Waals surface area contributed by atoms with E-state index in [1.165, 1.54) is 0 Å². The predicted octanol–water partition coefficient (Wildman–Crippen LogP) is 3.56. The molecule has 5 N–H and O–H groups in total. The average molecular weight is 610 g/mol. The van der Waals surface area contributed by atoms with Crippen LogP contribution in [0.4, 0.5) is 0 Å². The number of Topliss-reactive ketones (excluding diaryl/α,β-unsaturated/α-hetero) is 1. The standard InChI is InChI=1S/C35H39N5O5/c1-2-3-17-38-34(44)27-12-6-4-11-25(27)19-31(41)26(18-23-9-8-16-37-22-23)20-32(42)30(21-33(36)43)40-35(45)29-15-14-24-10-5-7-13-28(24)39-29/h4-16,22,26,30-31,41H,2-3,17-21H2,1H3,(H2,36,43)(H,38,44)(H,40,45)/t26-,30-,31+/m0/s1. The summed E-state index contributed by atoms with van der Waals surface area (Å²) in [4.78, 5) is 60.3. The van der Waals surface area contributed by atoms with Gasteiger partial charge in [-0.3, -0.25) is 24.2 Å². The molecule has 2 aromatic heterocycles. The van der Waals surface area contributed by atoms with Crippen molar-refractivity contribution in [2.75, 3.05) is 6.54 Å². The number of benzene rings is 2. The topological polar surface area (TPSA) is 164 Å². The lowest BCUT2D eigenvalue weighted by Gasteiger charge is -2.25. The summed E-state index contributed by atoms with van der Waals surface area (Å²) in [5.41, 5.74) is 8.08. The Morgan fingerprint density at radius 1 is 0.889 bits per heavy atom. The lowest BCUT2D eigenvalue weighted by molar-refractivity contribution is -0.126. The van der Waals surface area contributed by atoms with E-state index in [1.54, 1.807) is 67.0 Å². The number of fused-ring (bicyclic) bond motifs is 1. The molecule has 3 atom stereocenters. The van der Waals surface area contributed by atoms with E-state index in [0.29, 0.717) is 29.6 Å². The molecule has 0 saturated carbocycles. The lowest BCUT2D eigenvalue weighted by atomic mass is 9.84.